The number of carbonyl (C=O) groups is 1. The normalized spacial score (nSPS) is 31.9. The van der Waals surface area contributed by atoms with Crippen molar-refractivity contribution < 1.29 is 22.5 Å². The summed E-state index contributed by atoms with van der Waals surface area (Å²) in [5.41, 5.74) is -2.03. The Hall–Kier alpha value is -0.460. The maximum absolute atomic E-state index is 12.3. The molecule has 2 bridgehead atoms. The molecule has 0 amide bonds. The van der Waals surface area contributed by atoms with Crippen LogP contribution in [0.4, 0.5) is 0 Å². The van der Waals surface area contributed by atoms with Crippen LogP contribution in [0.25, 0.3) is 0 Å². The van der Waals surface area contributed by atoms with Gasteiger partial charge in [-0.05, 0) is 38.0 Å². The van der Waals surface area contributed by atoms with E-state index in [1.165, 1.54) is 0 Å². The molecule has 0 spiro atoms. The van der Waals surface area contributed by atoms with Crippen LogP contribution in [0.5, 0.6) is 0 Å². The lowest BCUT2D eigenvalue weighted by atomic mass is 9.70. The predicted molar refractivity (Wildman–Crippen MR) is 79.2 cm³/mol. The zero-order valence-corrected chi connectivity index (χ0v) is 14.1. The van der Waals surface area contributed by atoms with Crippen molar-refractivity contribution in [2.24, 2.45) is 16.7 Å². The minimum atomic E-state index is -3.77. The van der Waals surface area contributed by atoms with Gasteiger partial charge >= 0.3 is 0 Å². The summed E-state index contributed by atoms with van der Waals surface area (Å²) in [6.45, 7) is 7.16. The molecular weight excluding hydrogens is 292 g/mol. The highest BCUT2D eigenvalue weighted by molar-refractivity contribution is 7.86. The van der Waals surface area contributed by atoms with E-state index in [2.05, 4.69) is 0 Å². The zero-order valence-electron chi connectivity index (χ0n) is 13.3. The SMILES string of the molecule is CC(C)(O)CCOS(=O)(=O)CC12CCC(CC1=O)C2(C)C. The van der Waals surface area contributed by atoms with Gasteiger partial charge in [0.2, 0.25) is 0 Å². The molecule has 0 aromatic heterocycles. The molecular formula is C15H26O5S. The van der Waals surface area contributed by atoms with Crippen LogP contribution in [-0.4, -0.2) is 37.3 Å². The maximum Gasteiger partial charge on any atom is 0.268 e. The Morgan fingerprint density at radius 3 is 2.43 bits per heavy atom. The van der Waals surface area contributed by atoms with E-state index in [0.717, 1.165) is 6.42 Å². The summed E-state index contributed by atoms with van der Waals surface area (Å²) in [7, 11) is -3.77. The van der Waals surface area contributed by atoms with E-state index in [4.69, 9.17) is 4.18 Å². The quantitative estimate of drug-likeness (QED) is 0.756. The number of carbonyl (C=O) groups excluding carboxylic acids is 1. The van der Waals surface area contributed by atoms with Crippen molar-refractivity contribution in [2.45, 2.75) is 59.0 Å². The van der Waals surface area contributed by atoms with Crippen LogP contribution in [-0.2, 0) is 19.1 Å². The minimum absolute atomic E-state index is 0.0556. The van der Waals surface area contributed by atoms with E-state index in [1.807, 2.05) is 13.8 Å². The second-order valence-corrected chi connectivity index (χ2v) is 9.39. The van der Waals surface area contributed by atoms with E-state index in [9.17, 15) is 18.3 Å². The first-order valence-corrected chi connectivity index (χ1v) is 9.10. The summed E-state index contributed by atoms with van der Waals surface area (Å²) in [4.78, 5) is 12.3. The van der Waals surface area contributed by atoms with Gasteiger partial charge in [0.05, 0.1) is 23.4 Å². The summed E-state index contributed by atoms with van der Waals surface area (Å²) < 4.78 is 29.5. The van der Waals surface area contributed by atoms with Gasteiger partial charge in [0.1, 0.15) is 5.78 Å². The van der Waals surface area contributed by atoms with Gasteiger partial charge in [0, 0.05) is 12.8 Å². The van der Waals surface area contributed by atoms with Gasteiger partial charge in [-0.15, -0.1) is 0 Å². The lowest BCUT2D eigenvalue weighted by Gasteiger charge is -2.35. The highest BCUT2D eigenvalue weighted by Crippen LogP contribution is 2.64. The van der Waals surface area contributed by atoms with E-state index in [0.29, 0.717) is 12.8 Å². The van der Waals surface area contributed by atoms with Gasteiger partial charge in [0.15, 0.2) is 0 Å². The van der Waals surface area contributed by atoms with Crippen molar-refractivity contribution in [3.05, 3.63) is 0 Å². The Morgan fingerprint density at radius 1 is 1.38 bits per heavy atom. The Balaban J connectivity index is 2.08. The topological polar surface area (TPSA) is 80.7 Å². The van der Waals surface area contributed by atoms with E-state index < -0.39 is 21.1 Å². The van der Waals surface area contributed by atoms with E-state index >= 15 is 0 Å². The molecule has 5 nitrogen and oxygen atoms in total. The van der Waals surface area contributed by atoms with Gasteiger partial charge in [-0.25, -0.2) is 0 Å². The van der Waals surface area contributed by atoms with Crippen LogP contribution in [0.2, 0.25) is 0 Å². The summed E-state index contributed by atoms with van der Waals surface area (Å²) >= 11 is 0. The van der Waals surface area contributed by atoms with Gasteiger partial charge in [-0.1, -0.05) is 13.8 Å². The molecule has 0 aromatic rings. The first-order valence-electron chi connectivity index (χ1n) is 7.52. The highest BCUT2D eigenvalue weighted by atomic mass is 32.2. The van der Waals surface area contributed by atoms with Crippen molar-refractivity contribution in [1.82, 2.24) is 0 Å². The summed E-state index contributed by atoms with van der Waals surface area (Å²) in [5, 5.41) is 9.60. The molecule has 6 heteroatoms. The Kier molecular flexibility index (Phi) is 4.05. The van der Waals surface area contributed by atoms with Crippen molar-refractivity contribution in [2.75, 3.05) is 12.4 Å². The number of Topliss-reactive ketones (excluding diaryl/α,β-unsaturated/α-hetero) is 1. The van der Waals surface area contributed by atoms with E-state index in [1.54, 1.807) is 13.8 Å². The molecule has 0 aliphatic heterocycles. The third-order valence-corrected chi connectivity index (χ3v) is 6.91. The number of aliphatic hydroxyl groups is 1. The molecule has 0 heterocycles. The second kappa shape index (κ2) is 5.03. The zero-order chi connectivity index (χ0) is 16.1. The van der Waals surface area contributed by atoms with Gasteiger partial charge in [-0.2, -0.15) is 8.42 Å². The number of hydrogen-bond acceptors (Lipinski definition) is 5. The monoisotopic (exact) mass is 318 g/mol. The fraction of sp³-hybridized carbons (Fsp3) is 0.933. The molecule has 2 aliphatic rings. The summed E-state index contributed by atoms with van der Waals surface area (Å²) in [6.07, 6.45) is 2.28. The van der Waals surface area contributed by atoms with Gasteiger partial charge in [-0.3, -0.25) is 8.98 Å². The van der Waals surface area contributed by atoms with Crippen molar-refractivity contribution >= 4 is 15.9 Å². The molecule has 0 radical (unpaired) electrons. The smallest absolute Gasteiger partial charge is 0.268 e. The Morgan fingerprint density at radius 2 is 2.00 bits per heavy atom. The molecule has 2 atom stereocenters. The Bertz CT molecular complexity index is 529. The first kappa shape index (κ1) is 16.9. The number of fused-ring (bicyclic) bond motifs is 2. The summed E-state index contributed by atoms with van der Waals surface area (Å²) in [6, 6.07) is 0. The molecule has 2 fully saturated rings. The van der Waals surface area contributed by atoms with E-state index in [-0.39, 0.29) is 35.9 Å². The van der Waals surface area contributed by atoms with Crippen LogP contribution < -0.4 is 0 Å². The molecule has 122 valence electrons. The predicted octanol–water partition coefficient (Wildman–Crippen LogP) is 1.89. The average Bonchev–Trinajstić information content (AvgIpc) is 2.59. The largest absolute Gasteiger partial charge is 0.390 e. The molecule has 0 saturated heterocycles. The third kappa shape index (κ3) is 3.03. The van der Waals surface area contributed by atoms with Crippen molar-refractivity contribution in [3.8, 4) is 0 Å². The van der Waals surface area contributed by atoms with Crippen molar-refractivity contribution in [1.29, 1.82) is 0 Å². The van der Waals surface area contributed by atoms with Crippen LogP contribution in [0, 0.1) is 16.7 Å². The fourth-order valence-electron chi connectivity index (χ4n) is 3.87. The number of hydrogen-bond donors (Lipinski definition) is 1. The van der Waals surface area contributed by atoms with Crippen LogP contribution >= 0.6 is 0 Å². The highest BCUT2D eigenvalue weighted by Gasteiger charge is 2.65. The average molecular weight is 318 g/mol. The third-order valence-electron chi connectivity index (χ3n) is 5.54. The number of rotatable bonds is 6. The Labute approximate surface area is 127 Å². The van der Waals surface area contributed by atoms with Crippen LogP contribution in [0.3, 0.4) is 0 Å². The molecule has 1 N–H and O–H groups in total. The van der Waals surface area contributed by atoms with Gasteiger partial charge in [0.25, 0.3) is 10.1 Å². The molecule has 2 aliphatic carbocycles. The lowest BCUT2D eigenvalue weighted by Crippen LogP contribution is -2.42. The molecule has 21 heavy (non-hydrogen) atoms. The number of ketones is 1. The standard InChI is InChI=1S/C15H26O5S/c1-13(2,17)7-8-20-21(18,19)10-15-6-5-11(9-12(15)16)14(15,3)4/h11,17H,5-10H2,1-4H3. The summed E-state index contributed by atoms with van der Waals surface area (Å²) in [5.74, 6) is 0.128. The van der Waals surface area contributed by atoms with Crippen molar-refractivity contribution in [3.63, 3.8) is 0 Å². The molecule has 2 unspecified atom stereocenters. The lowest BCUT2D eigenvalue weighted by molar-refractivity contribution is -0.128. The molecule has 2 rings (SSSR count). The van der Waals surface area contributed by atoms with Crippen LogP contribution in [0.15, 0.2) is 0 Å². The molecule has 0 aromatic carbocycles. The molecule has 2 saturated carbocycles. The minimum Gasteiger partial charge on any atom is -0.390 e. The first-order chi connectivity index (χ1) is 9.40. The fourth-order valence-corrected chi connectivity index (χ4v) is 5.57. The maximum atomic E-state index is 12.3. The van der Waals surface area contributed by atoms with Gasteiger partial charge < -0.3 is 5.11 Å². The second-order valence-electron chi connectivity index (χ2n) is 7.75. The van der Waals surface area contributed by atoms with Crippen LogP contribution in [0.1, 0.15) is 53.4 Å².